The van der Waals surface area contributed by atoms with E-state index in [-0.39, 0.29) is 29.8 Å². The van der Waals surface area contributed by atoms with E-state index in [1.54, 1.807) is 13.8 Å². The van der Waals surface area contributed by atoms with E-state index in [9.17, 15) is 9.90 Å². The second-order valence-electron chi connectivity index (χ2n) is 4.13. The van der Waals surface area contributed by atoms with Gasteiger partial charge in [-0.15, -0.1) is 12.4 Å². The van der Waals surface area contributed by atoms with Crippen LogP contribution in [0.3, 0.4) is 0 Å². The van der Waals surface area contributed by atoms with Gasteiger partial charge < -0.3 is 16.2 Å². The lowest BCUT2D eigenvalue weighted by Gasteiger charge is -2.17. The van der Waals surface area contributed by atoms with Crippen molar-refractivity contribution >= 4 is 41.3 Å². The maximum atomic E-state index is 11.6. The monoisotopic (exact) mass is 262 g/mol. The third-order valence-electron chi connectivity index (χ3n) is 2.71. The van der Waals surface area contributed by atoms with Crippen LogP contribution in [0.1, 0.15) is 19.4 Å². The number of hydrogen-bond acceptors (Lipinski definition) is 3. The molecule has 4 N–H and O–H groups in total. The Balaban J connectivity index is 0.00000128. The number of benzene rings is 1. The Bertz CT molecular complexity index is 472. The number of nitrogens with one attached hydrogen (secondary N) is 1. The summed E-state index contributed by atoms with van der Waals surface area (Å²) in [5, 5.41) is 12.8. The predicted octanol–water partition coefficient (Wildman–Crippen LogP) is 2.28. The Morgan fingerprint density at radius 3 is 2.62 bits per heavy atom. The van der Waals surface area contributed by atoms with E-state index in [2.05, 4.69) is 5.32 Å². The van der Waals surface area contributed by atoms with Gasteiger partial charge in [0.2, 0.25) is 5.91 Å². The molecule has 16 heavy (non-hydrogen) atoms. The standard InChI is InChI=1S/C10H11ClN2O2.ClH/c1-10(2)6-7(13-9(10)15)4(11)3-5(12)8(6)14;/h3,14H,12H2,1-2H3,(H,13,15);1H. The van der Waals surface area contributed by atoms with Crippen LogP contribution in [0.15, 0.2) is 6.07 Å². The number of nitrogens with two attached hydrogens (primary N) is 1. The van der Waals surface area contributed by atoms with Crippen molar-refractivity contribution in [2.45, 2.75) is 19.3 Å². The molecule has 2 rings (SSSR count). The number of amides is 1. The molecule has 0 saturated carbocycles. The van der Waals surface area contributed by atoms with Gasteiger partial charge in [-0.3, -0.25) is 4.79 Å². The van der Waals surface area contributed by atoms with E-state index < -0.39 is 5.41 Å². The van der Waals surface area contributed by atoms with Gasteiger partial charge in [0.15, 0.2) is 0 Å². The summed E-state index contributed by atoms with van der Waals surface area (Å²) in [6.07, 6.45) is 0. The summed E-state index contributed by atoms with van der Waals surface area (Å²) in [6, 6.07) is 1.43. The van der Waals surface area contributed by atoms with Crippen LogP contribution in [0.2, 0.25) is 5.02 Å². The Hall–Kier alpha value is -1.13. The van der Waals surface area contributed by atoms with Gasteiger partial charge in [-0.25, -0.2) is 0 Å². The van der Waals surface area contributed by atoms with Gasteiger partial charge in [0.05, 0.1) is 21.8 Å². The first kappa shape index (κ1) is 12.9. The van der Waals surface area contributed by atoms with E-state index in [4.69, 9.17) is 17.3 Å². The molecular weight excluding hydrogens is 251 g/mol. The summed E-state index contributed by atoms with van der Waals surface area (Å²) in [7, 11) is 0. The van der Waals surface area contributed by atoms with Crippen LogP contribution >= 0.6 is 24.0 Å². The van der Waals surface area contributed by atoms with Crippen LogP contribution in [0.25, 0.3) is 0 Å². The van der Waals surface area contributed by atoms with E-state index >= 15 is 0 Å². The van der Waals surface area contributed by atoms with Crippen LogP contribution in [0, 0.1) is 0 Å². The maximum absolute atomic E-state index is 11.6. The zero-order valence-electron chi connectivity index (χ0n) is 8.80. The number of anilines is 2. The Morgan fingerprint density at radius 2 is 2.06 bits per heavy atom. The summed E-state index contributed by atoms with van der Waals surface area (Å²) >= 11 is 5.93. The van der Waals surface area contributed by atoms with Crippen molar-refractivity contribution in [1.29, 1.82) is 0 Å². The van der Waals surface area contributed by atoms with E-state index in [0.717, 1.165) is 0 Å². The first-order chi connectivity index (χ1) is 6.85. The number of carbonyl (C=O) groups is 1. The number of rotatable bonds is 0. The highest BCUT2D eigenvalue weighted by molar-refractivity contribution is 6.35. The third-order valence-corrected chi connectivity index (χ3v) is 3.01. The molecule has 1 aliphatic rings. The lowest BCUT2D eigenvalue weighted by atomic mass is 9.85. The number of carbonyl (C=O) groups excluding carboxylic acids is 1. The molecule has 0 fully saturated rings. The van der Waals surface area contributed by atoms with Crippen molar-refractivity contribution in [3.8, 4) is 5.75 Å². The molecular formula is C10H12Cl2N2O2. The Labute approximate surface area is 104 Å². The normalized spacial score (nSPS) is 16.3. The van der Waals surface area contributed by atoms with Gasteiger partial charge in [0.25, 0.3) is 0 Å². The molecule has 0 spiro atoms. The Morgan fingerprint density at radius 1 is 1.50 bits per heavy atom. The molecule has 1 amide bonds. The van der Waals surface area contributed by atoms with Crippen LogP contribution in [-0.4, -0.2) is 11.0 Å². The molecule has 1 heterocycles. The first-order valence-corrected chi connectivity index (χ1v) is 4.86. The maximum Gasteiger partial charge on any atom is 0.234 e. The fraction of sp³-hybridized carbons (Fsp3) is 0.300. The quantitative estimate of drug-likeness (QED) is 0.496. The minimum Gasteiger partial charge on any atom is -0.505 e. The van der Waals surface area contributed by atoms with Crippen LogP contribution in [0.5, 0.6) is 5.75 Å². The topological polar surface area (TPSA) is 75.4 Å². The number of fused-ring (bicyclic) bond motifs is 1. The lowest BCUT2D eigenvalue weighted by Crippen LogP contribution is -2.27. The molecule has 0 saturated heterocycles. The average molecular weight is 263 g/mol. The number of phenolic OH excluding ortho intramolecular Hbond substituents is 1. The number of hydrogen-bond donors (Lipinski definition) is 3. The van der Waals surface area contributed by atoms with E-state index in [0.29, 0.717) is 16.3 Å². The average Bonchev–Trinajstić information content (AvgIpc) is 2.36. The summed E-state index contributed by atoms with van der Waals surface area (Å²) in [4.78, 5) is 11.6. The number of halogens is 2. The molecule has 4 nitrogen and oxygen atoms in total. The number of nitrogen functional groups attached to an aromatic ring is 1. The van der Waals surface area contributed by atoms with Gasteiger partial charge in [-0.1, -0.05) is 11.6 Å². The van der Waals surface area contributed by atoms with Gasteiger partial charge in [0.1, 0.15) is 5.75 Å². The van der Waals surface area contributed by atoms with Crippen LogP contribution < -0.4 is 11.1 Å². The minimum atomic E-state index is -0.807. The molecule has 1 aromatic rings. The fourth-order valence-electron chi connectivity index (χ4n) is 1.77. The molecule has 1 aliphatic heterocycles. The molecule has 0 bridgehead atoms. The summed E-state index contributed by atoms with van der Waals surface area (Å²) < 4.78 is 0. The van der Waals surface area contributed by atoms with Crippen molar-refractivity contribution in [2.75, 3.05) is 11.1 Å². The largest absolute Gasteiger partial charge is 0.505 e. The van der Waals surface area contributed by atoms with Gasteiger partial charge in [0, 0.05) is 5.56 Å². The minimum absolute atomic E-state index is 0. The van der Waals surface area contributed by atoms with Crippen molar-refractivity contribution in [2.24, 2.45) is 0 Å². The van der Waals surface area contributed by atoms with Crippen molar-refractivity contribution in [3.05, 3.63) is 16.7 Å². The number of aromatic hydroxyl groups is 1. The van der Waals surface area contributed by atoms with Gasteiger partial charge >= 0.3 is 0 Å². The molecule has 6 heteroatoms. The molecule has 0 aliphatic carbocycles. The first-order valence-electron chi connectivity index (χ1n) is 4.48. The highest BCUT2D eigenvalue weighted by Gasteiger charge is 2.42. The smallest absolute Gasteiger partial charge is 0.234 e. The molecule has 1 aromatic carbocycles. The van der Waals surface area contributed by atoms with Gasteiger partial charge in [-0.2, -0.15) is 0 Å². The zero-order chi connectivity index (χ0) is 11.4. The van der Waals surface area contributed by atoms with E-state index in [1.165, 1.54) is 6.07 Å². The summed E-state index contributed by atoms with van der Waals surface area (Å²) in [5.41, 5.74) is 5.89. The Kier molecular flexibility index (Phi) is 3.00. The molecule has 0 atom stereocenters. The number of phenols is 1. The SMILES string of the molecule is CC1(C)C(=O)Nc2c(Cl)cc(N)c(O)c21.Cl. The highest BCUT2D eigenvalue weighted by atomic mass is 35.5. The fourth-order valence-corrected chi connectivity index (χ4v) is 2.03. The molecule has 88 valence electrons. The summed E-state index contributed by atoms with van der Waals surface area (Å²) in [5.74, 6) is -0.266. The van der Waals surface area contributed by atoms with Crippen molar-refractivity contribution < 1.29 is 9.90 Å². The zero-order valence-corrected chi connectivity index (χ0v) is 10.4. The predicted molar refractivity (Wildman–Crippen MR) is 66.4 cm³/mol. The van der Waals surface area contributed by atoms with Crippen molar-refractivity contribution in [3.63, 3.8) is 0 Å². The third kappa shape index (κ3) is 1.49. The second kappa shape index (κ2) is 3.71. The van der Waals surface area contributed by atoms with Crippen LogP contribution in [0.4, 0.5) is 11.4 Å². The van der Waals surface area contributed by atoms with Crippen molar-refractivity contribution in [1.82, 2.24) is 0 Å². The highest BCUT2D eigenvalue weighted by Crippen LogP contribution is 2.48. The molecule has 0 radical (unpaired) electrons. The molecule has 0 unspecified atom stereocenters. The lowest BCUT2D eigenvalue weighted by molar-refractivity contribution is -0.119. The van der Waals surface area contributed by atoms with Crippen LogP contribution in [-0.2, 0) is 10.2 Å². The molecule has 0 aromatic heterocycles. The van der Waals surface area contributed by atoms with Gasteiger partial charge in [-0.05, 0) is 19.9 Å². The van der Waals surface area contributed by atoms with E-state index in [1.807, 2.05) is 0 Å². The summed E-state index contributed by atoms with van der Waals surface area (Å²) in [6.45, 7) is 3.42. The second-order valence-corrected chi connectivity index (χ2v) is 4.53.